The molecular formula is C26H17BrF2N6O2. The van der Waals surface area contributed by atoms with E-state index in [0.29, 0.717) is 28.7 Å². The Morgan fingerprint density at radius 2 is 1.70 bits per heavy atom. The summed E-state index contributed by atoms with van der Waals surface area (Å²) in [6.45, 7) is 0. The number of rotatable bonds is 5. The summed E-state index contributed by atoms with van der Waals surface area (Å²) < 4.78 is 29.6. The molecule has 3 amide bonds. The van der Waals surface area contributed by atoms with Gasteiger partial charge in [-0.1, -0.05) is 28.1 Å². The highest BCUT2D eigenvalue weighted by molar-refractivity contribution is 9.10. The molecule has 8 nitrogen and oxygen atoms in total. The standard InChI is InChI=1S/C26H17BrF2N6O2/c27-17-6-4-15(5-7-17)25(36)34-23-24-31-14-22(35(24)11-10-30-23)16-2-1-3-19(12-16)32-26(37)33-21-9-8-18(28)13-20(21)29/h1-14H,(H,30,34,36)(H2,32,33,37). The summed E-state index contributed by atoms with van der Waals surface area (Å²) in [5, 5.41) is 7.77. The van der Waals surface area contributed by atoms with Gasteiger partial charge in [-0.25, -0.2) is 23.5 Å². The van der Waals surface area contributed by atoms with E-state index in [-0.39, 0.29) is 17.4 Å². The average Bonchev–Trinajstić information content (AvgIpc) is 3.32. The zero-order chi connectivity index (χ0) is 25.9. The Morgan fingerprint density at radius 3 is 2.49 bits per heavy atom. The molecule has 5 rings (SSSR count). The van der Waals surface area contributed by atoms with E-state index in [0.717, 1.165) is 22.2 Å². The number of nitrogens with zero attached hydrogens (tertiary/aromatic N) is 3. The number of nitrogens with one attached hydrogen (secondary N) is 3. The molecule has 184 valence electrons. The minimum absolute atomic E-state index is 0.151. The average molecular weight is 563 g/mol. The molecule has 3 aromatic carbocycles. The maximum atomic E-state index is 13.8. The summed E-state index contributed by atoms with van der Waals surface area (Å²) in [6, 6.07) is 16.0. The lowest BCUT2D eigenvalue weighted by molar-refractivity contribution is 0.102. The normalized spacial score (nSPS) is 10.8. The largest absolute Gasteiger partial charge is 0.323 e. The van der Waals surface area contributed by atoms with Gasteiger partial charge in [0.05, 0.1) is 17.6 Å². The second-order valence-electron chi connectivity index (χ2n) is 7.86. The van der Waals surface area contributed by atoms with Crippen LogP contribution >= 0.6 is 15.9 Å². The molecule has 0 aliphatic heterocycles. The molecule has 0 aliphatic rings. The van der Waals surface area contributed by atoms with Crippen molar-refractivity contribution in [2.75, 3.05) is 16.0 Å². The molecule has 0 saturated heterocycles. The molecule has 0 radical (unpaired) electrons. The minimum atomic E-state index is -0.883. The smallest absolute Gasteiger partial charge is 0.308 e. The first kappa shape index (κ1) is 24.1. The number of carbonyl (C=O) groups excluding carboxylic acids is 2. The maximum absolute atomic E-state index is 13.8. The van der Waals surface area contributed by atoms with Crippen LogP contribution in [0.4, 0.5) is 30.8 Å². The number of hydrogen-bond donors (Lipinski definition) is 3. The monoisotopic (exact) mass is 562 g/mol. The van der Waals surface area contributed by atoms with E-state index in [2.05, 4.69) is 41.8 Å². The van der Waals surface area contributed by atoms with E-state index in [1.807, 2.05) is 6.07 Å². The summed E-state index contributed by atoms with van der Waals surface area (Å²) in [5.74, 6) is -1.66. The van der Waals surface area contributed by atoms with Gasteiger partial charge in [0.25, 0.3) is 5.91 Å². The number of anilines is 3. The van der Waals surface area contributed by atoms with Crippen molar-refractivity contribution in [1.29, 1.82) is 0 Å². The Morgan fingerprint density at radius 1 is 0.892 bits per heavy atom. The first-order valence-electron chi connectivity index (χ1n) is 10.9. The third-order valence-electron chi connectivity index (χ3n) is 5.36. The summed E-state index contributed by atoms with van der Waals surface area (Å²) in [7, 11) is 0. The zero-order valence-electron chi connectivity index (χ0n) is 18.9. The molecule has 0 atom stereocenters. The lowest BCUT2D eigenvalue weighted by Gasteiger charge is -2.10. The number of carbonyl (C=O) groups is 2. The topological polar surface area (TPSA) is 100 Å². The van der Waals surface area contributed by atoms with E-state index < -0.39 is 17.7 Å². The van der Waals surface area contributed by atoms with Crippen molar-refractivity contribution < 1.29 is 18.4 Å². The van der Waals surface area contributed by atoms with Gasteiger partial charge in [-0.05, 0) is 48.5 Å². The molecule has 0 aliphatic carbocycles. The van der Waals surface area contributed by atoms with Gasteiger partial charge in [0.15, 0.2) is 11.5 Å². The second-order valence-corrected chi connectivity index (χ2v) is 8.77. The van der Waals surface area contributed by atoms with Crippen LogP contribution in [-0.4, -0.2) is 26.3 Å². The lowest BCUT2D eigenvalue weighted by Crippen LogP contribution is -2.20. The van der Waals surface area contributed by atoms with Gasteiger partial charge in [0, 0.05) is 39.7 Å². The van der Waals surface area contributed by atoms with Crippen LogP contribution in [0.15, 0.2) is 89.8 Å². The van der Waals surface area contributed by atoms with Crippen molar-refractivity contribution in [3.8, 4) is 11.3 Å². The van der Waals surface area contributed by atoms with Crippen LogP contribution < -0.4 is 16.0 Å². The second kappa shape index (κ2) is 10.2. The highest BCUT2D eigenvalue weighted by Crippen LogP contribution is 2.26. The van der Waals surface area contributed by atoms with Crippen LogP contribution in [0.25, 0.3) is 16.9 Å². The van der Waals surface area contributed by atoms with Crippen LogP contribution in [-0.2, 0) is 0 Å². The first-order chi connectivity index (χ1) is 17.9. The number of imidazole rings is 1. The third kappa shape index (κ3) is 5.31. The van der Waals surface area contributed by atoms with Crippen molar-refractivity contribution in [3.05, 3.63) is 107 Å². The van der Waals surface area contributed by atoms with Gasteiger partial charge in [-0.2, -0.15) is 0 Å². The van der Waals surface area contributed by atoms with Gasteiger partial charge in [-0.3, -0.25) is 9.20 Å². The molecular weight excluding hydrogens is 546 g/mol. The van der Waals surface area contributed by atoms with Crippen LogP contribution in [0.5, 0.6) is 0 Å². The molecule has 0 unspecified atom stereocenters. The Hall–Kier alpha value is -4.64. The number of amides is 3. The summed E-state index contributed by atoms with van der Waals surface area (Å²) in [5.41, 5.74) is 2.59. The van der Waals surface area contributed by atoms with Gasteiger partial charge in [-0.15, -0.1) is 0 Å². The van der Waals surface area contributed by atoms with E-state index >= 15 is 0 Å². The van der Waals surface area contributed by atoms with Gasteiger partial charge < -0.3 is 16.0 Å². The zero-order valence-corrected chi connectivity index (χ0v) is 20.5. The molecule has 5 aromatic rings. The minimum Gasteiger partial charge on any atom is -0.308 e. The fourth-order valence-corrected chi connectivity index (χ4v) is 3.90. The number of urea groups is 1. The fraction of sp³-hybridized carbons (Fsp3) is 0. The predicted molar refractivity (Wildman–Crippen MR) is 140 cm³/mol. The molecule has 0 fully saturated rings. The van der Waals surface area contributed by atoms with Crippen molar-refractivity contribution in [3.63, 3.8) is 0 Å². The lowest BCUT2D eigenvalue weighted by atomic mass is 10.1. The number of fused-ring (bicyclic) bond motifs is 1. The highest BCUT2D eigenvalue weighted by atomic mass is 79.9. The Kier molecular flexibility index (Phi) is 6.60. The molecule has 2 aromatic heterocycles. The van der Waals surface area contributed by atoms with E-state index in [1.165, 1.54) is 0 Å². The van der Waals surface area contributed by atoms with Gasteiger partial charge >= 0.3 is 6.03 Å². The van der Waals surface area contributed by atoms with Crippen LogP contribution in [0, 0.1) is 11.6 Å². The fourth-order valence-electron chi connectivity index (χ4n) is 3.63. The number of benzene rings is 3. The molecule has 3 N–H and O–H groups in total. The highest BCUT2D eigenvalue weighted by Gasteiger charge is 2.15. The summed E-state index contributed by atoms with van der Waals surface area (Å²) in [6.07, 6.45) is 4.87. The first-order valence-corrected chi connectivity index (χ1v) is 11.7. The van der Waals surface area contributed by atoms with Crippen LogP contribution in [0.3, 0.4) is 0 Å². The van der Waals surface area contributed by atoms with Crippen LogP contribution in [0.1, 0.15) is 10.4 Å². The maximum Gasteiger partial charge on any atom is 0.323 e. The third-order valence-corrected chi connectivity index (χ3v) is 5.89. The quantitative estimate of drug-likeness (QED) is 0.233. The summed E-state index contributed by atoms with van der Waals surface area (Å²) >= 11 is 3.35. The van der Waals surface area contributed by atoms with Crippen molar-refractivity contribution in [2.45, 2.75) is 0 Å². The van der Waals surface area contributed by atoms with Crippen molar-refractivity contribution in [2.24, 2.45) is 0 Å². The SMILES string of the molecule is O=C(Nc1cccc(-c2cnc3c(NC(=O)c4ccc(Br)cc4)nccn23)c1)Nc1ccc(F)cc1F. The molecule has 0 saturated carbocycles. The molecule has 0 bridgehead atoms. The van der Waals surface area contributed by atoms with E-state index in [4.69, 9.17) is 0 Å². The number of hydrogen-bond acceptors (Lipinski definition) is 4. The molecule has 2 heterocycles. The van der Waals surface area contributed by atoms with Gasteiger partial charge in [0.2, 0.25) is 0 Å². The van der Waals surface area contributed by atoms with Gasteiger partial charge in [0.1, 0.15) is 11.6 Å². The number of halogens is 3. The molecule has 0 spiro atoms. The summed E-state index contributed by atoms with van der Waals surface area (Å²) in [4.78, 5) is 33.7. The Labute approximate surface area is 217 Å². The molecule has 37 heavy (non-hydrogen) atoms. The van der Waals surface area contributed by atoms with Crippen molar-refractivity contribution in [1.82, 2.24) is 14.4 Å². The van der Waals surface area contributed by atoms with E-state index in [9.17, 15) is 18.4 Å². The van der Waals surface area contributed by atoms with Crippen LogP contribution in [0.2, 0.25) is 0 Å². The number of aromatic nitrogens is 3. The Balaban J connectivity index is 1.36. The predicted octanol–water partition coefficient (Wildman–Crippen LogP) is 6.33. The Bertz CT molecular complexity index is 1640. The molecule has 11 heteroatoms. The van der Waals surface area contributed by atoms with E-state index in [1.54, 1.807) is 65.5 Å². The van der Waals surface area contributed by atoms with Crippen molar-refractivity contribution >= 4 is 50.7 Å².